The average molecular weight is 416 g/mol. The van der Waals surface area contributed by atoms with Crippen LogP contribution in [0.1, 0.15) is 16.8 Å². The van der Waals surface area contributed by atoms with E-state index < -0.39 is 0 Å². The highest BCUT2D eigenvalue weighted by molar-refractivity contribution is 7.80. The van der Waals surface area contributed by atoms with Crippen molar-refractivity contribution < 1.29 is 0 Å². The minimum atomic E-state index is 0.561. The van der Waals surface area contributed by atoms with E-state index in [1.807, 2.05) is 18.2 Å². The number of thiocarbonyl (C=S) groups is 1. The molecule has 6 heteroatoms. The Morgan fingerprint density at radius 2 is 1.81 bits per heavy atom. The summed E-state index contributed by atoms with van der Waals surface area (Å²) in [4.78, 5) is 6.47. The first-order chi connectivity index (χ1) is 13.0. The van der Waals surface area contributed by atoms with Gasteiger partial charge in [-0.05, 0) is 55.0 Å². The normalized spacial score (nSPS) is 10.5. The molecule has 0 aliphatic heterocycles. The van der Waals surface area contributed by atoms with Crippen LogP contribution in [-0.4, -0.2) is 15.0 Å². The fourth-order valence-electron chi connectivity index (χ4n) is 2.59. The van der Waals surface area contributed by atoms with Crippen LogP contribution in [0.25, 0.3) is 0 Å². The van der Waals surface area contributed by atoms with E-state index in [2.05, 4.69) is 46.4 Å². The molecule has 1 N–H and O–H groups in total. The molecule has 0 bridgehead atoms. The van der Waals surface area contributed by atoms with Crippen molar-refractivity contribution in [2.75, 3.05) is 5.32 Å². The second-order valence-corrected chi connectivity index (χ2v) is 7.45. The number of nitrogens with zero attached hydrogens (tertiary/aromatic N) is 2. The maximum Gasteiger partial charge on any atom is 0.174 e. The molecule has 3 aromatic rings. The summed E-state index contributed by atoms with van der Waals surface area (Å²) in [6.45, 7) is 3.31. The van der Waals surface area contributed by atoms with Crippen molar-refractivity contribution in [3.05, 3.63) is 93.7 Å². The average Bonchev–Trinajstić information content (AvgIpc) is 2.66. The third-order valence-electron chi connectivity index (χ3n) is 4.03. The van der Waals surface area contributed by atoms with Gasteiger partial charge in [0.15, 0.2) is 5.11 Å². The van der Waals surface area contributed by atoms with Crippen LogP contribution in [0.15, 0.2) is 66.9 Å². The molecule has 138 valence electrons. The van der Waals surface area contributed by atoms with Gasteiger partial charge in [0, 0.05) is 17.8 Å². The van der Waals surface area contributed by atoms with E-state index in [4.69, 9.17) is 35.4 Å². The molecule has 0 fully saturated rings. The molecule has 0 saturated heterocycles. The van der Waals surface area contributed by atoms with Crippen LogP contribution < -0.4 is 5.32 Å². The molecule has 0 atom stereocenters. The molecule has 0 unspecified atom stereocenters. The summed E-state index contributed by atoms with van der Waals surface area (Å²) in [6.07, 6.45) is 1.78. The second kappa shape index (κ2) is 9.18. The first kappa shape index (κ1) is 19.6. The molecular weight excluding hydrogens is 397 g/mol. The summed E-state index contributed by atoms with van der Waals surface area (Å²) in [5, 5.41) is 4.94. The molecule has 0 radical (unpaired) electrons. The largest absolute Gasteiger partial charge is 0.339 e. The molecule has 27 heavy (non-hydrogen) atoms. The van der Waals surface area contributed by atoms with Crippen molar-refractivity contribution >= 4 is 46.2 Å². The summed E-state index contributed by atoms with van der Waals surface area (Å²) in [7, 11) is 0. The standard InChI is InChI=1S/C21H19Cl2N3S/c1-15-5-7-16(8-6-15)13-26(14-18-4-2-3-11-24-18)21(27)25-20-12-17(22)9-10-19(20)23/h2-12H,13-14H2,1H3,(H,25,27). The number of hydrogen-bond donors (Lipinski definition) is 1. The summed E-state index contributed by atoms with van der Waals surface area (Å²) in [5.74, 6) is 0. The Morgan fingerprint density at radius 1 is 1.04 bits per heavy atom. The van der Waals surface area contributed by atoms with Crippen molar-refractivity contribution in [2.24, 2.45) is 0 Å². The first-order valence-corrected chi connectivity index (χ1v) is 9.64. The quantitative estimate of drug-likeness (QED) is 0.509. The SMILES string of the molecule is Cc1ccc(CN(Cc2ccccn2)C(=S)Nc2cc(Cl)ccc2Cl)cc1. The highest BCUT2D eigenvalue weighted by Crippen LogP contribution is 2.26. The lowest BCUT2D eigenvalue weighted by Crippen LogP contribution is -2.34. The van der Waals surface area contributed by atoms with Crippen LogP contribution >= 0.6 is 35.4 Å². The topological polar surface area (TPSA) is 28.2 Å². The zero-order valence-corrected chi connectivity index (χ0v) is 17.2. The number of aryl methyl sites for hydroxylation is 1. The molecule has 3 rings (SSSR count). The third kappa shape index (κ3) is 5.67. The molecule has 1 heterocycles. The van der Waals surface area contributed by atoms with Crippen molar-refractivity contribution in [1.29, 1.82) is 0 Å². The lowest BCUT2D eigenvalue weighted by molar-refractivity contribution is 0.407. The fourth-order valence-corrected chi connectivity index (χ4v) is 3.16. The maximum absolute atomic E-state index is 6.27. The van der Waals surface area contributed by atoms with Crippen LogP contribution in [0.3, 0.4) is 0 Å². The molecule has 3 nitrogen and oxygen atoms in total. The third-order valence-corrected chi connectivity index (χ3v) is 4.96. The number of anilines is 1. The van der Waals surface area contributed by atoms with E-state index in [9.17, 15) is 0 Å². The number of nitrogens with one attached hydrogen (secondary N) is 1. The Morgan fingerprint density at radius 3 is 2.52 bits per heavy atom. The summed E-state index contributed by atoms with van der Waals surface area (Å²) < 4.78 is 0. The van der Waals surface area contributed by atoms with Crippen molar-refractivity contribution in [2.45, 2.75) is 20.0 Å². The molecule has 2 aromatic carbocycles. The van der Waals surface area contributed by atoms with E-state index in [-0.39, 0.29) is 0 Å². The zero-order valence-electron chi connectivity index (χ0n) is 14.8. The Balaban J connectivity index is 1.82. The lowest BCUT2D eigenvalue weighted by Gasteiger charge is -2.26. The van der Waals surface area contributed by atoms with Gasteiger partial charge in [-0.2, -0.15) is 0 Å². The van der Waals surface area contributed by atoms with Gasteiger partial charge >= 0.3 is 0 Å². The van der Waals surface area contributed by atoms with E-state index in [1.165, 1.54) is 5.56 Å². The summed E-state index contributed by atoms with van der Waals surface area (Å²) in [6, 6.07) is 19.5. The highest BCUT2D eigenvalue weighted by Gasteiger charge is 2.14. The number of aromatic nitrogens is 1. The molecule has 0 spiro atoms. The van der Waals surface area contributed by atoms with E-state index in [0.29, 0.717) is 33.9 Å². The molecule has 0 saturated carbocycles. The van der Waals surface area contributed by atoms with Crippen molar-refractivity contribution in [1.82, 2.24) is 9.88 Å². The van der Waals surface area contributed by atoms with Gasteiger partial charge in [0.05, 0.1) is 22.9 Å². The molecule has 0 amide bonds. The summed E-state index contributed by atoms with van der Waals surface area (Å²) >= 11 is 18.0. The first-order valence-electron chi connectivity index (χ1n) is 8.48. The highest BCUT2D eigenvalue weighted by atomic mass is 35.5. The Hall–Kier alpha value is -2.14. The molecule has 0 aliphatic rings. The van der Waals surface area contributed by atoms with Gasteiger partial charge in [0.2, 0.25) is 0 Å². The number of rotatable bonds is 5. The predicted molar refractivity (Wildman–Crippen MR) is 117 cm³/mol. The van der Waals surface area contributed by atoms with Crippen LogP contribution in [0.2, 0.25) is 10.0 Å². The van der Waals surface area contributed by atoms with Gasteiger partial charge < -0.3 is 10.2 Å². The molecule has 0 aliphatic carbocycles. The van der Waals surface area contributed by atoms with E-state index >= 15 is 0 Å². The summed E-state index contributed by atoms with van der Waals surface area (Å²) in [5.41, 5.74) is 4.01. The Labute approximate surface area is 175 Å². The lowest BCUT2D eigenvalue weighted by atomic mass is 10.1. The van der Waals surface area contributed by atoms with Gasteiger partial charge in [0.25, 0.3) is 0 Å². The van der Waals surface area contributed by atoms with Crippen LogP contribution in [0.4, 0.5) is 5.69 Å². The zero-order chi connectivity index (χ0) is 19.2. The maximum atomic E-state index is 6.27. The van der Waals surface area contributed by atoms with Gasteiger partial charge in [-0.1, -0.05) is 59.1 Å². The molecular formula is C21H19Cl2N3S. The smallest absolute Gasteiger partial charge is 0.174 e. The van der Waals surface area contributed by atoms with Crippen LogP contribution in [0, 0.1) is 6.92 Å². The van der Waals surface area contributed by atoms with E-state index in [1.54, 1.807) is 24.4 Å². The monoisotopic (exact) mass is 415 g/mol. The van der Waals surface area contributed by atoms with Crippen molar-refractivity contribution in [3.8, 4) is 0 Å². The van der Waals surface area contributed by atoms with Crippen LogP contribution in [0.5, 0.6) is 0 Å². The number of hydrogen-bond acceptors (Lipinski definition) is 2. The minimum Gasteiger partial charge on any atom is -0.339 e. The predicted octanol–water partition coefficient (Wildman–Crippen LogP) is 6.10. The fraction of sp³-hybridized carbons (Fsp3) is 0.143. The number of benzene rings is 2. The van der Waals surface area contributed by atoms with Gasteiger partial charge in [-0.15, -0.1) is 0 Å². The minimum absolute atomic E-state index is 0.561. The Kier molecular flexibility index (Phi) is 6.67. The number of halogens is 2. The van der Waals surface area contributed by atoms with Crippen molar-refractivity contribution in [3.63, 3.8) is 0 Å². The second-order valence-electron chi connectivity index (χ2n) is 6.22. The van der Waals surface area contributed by atoms with Gasteiger partial charge in [0.1, 0.15) is 0 Å². The van der Waals surface area contributed by atoms with Gasteiger partial charge in [-0.25, -0.2) is 0 Å². The molecule has 1 aromatic heterocycles. The van der Waals surface area contributed by atoms with Crippen LogP contribution in [-0.2, 0) is 13.1 Å². The Bertz CT molecular complexity index is 914. The van der Waals surface area contributed by atoms with E-state index in [0.717, 1.165) is 11.3 Å². The number of pyridine rings is 1. The van der Waals surface area contributed by atoms with Gasteiger partial charge in [-0.3, -0.25) is 4.98 Å².